The third-order valence-corrected chi connectivity index (χ3v) is 0.370. The third-order valence-electron chi connectivity index (χ3n) is 0.370. The maximum atomic E-state index is 3.39. The molecule has 0 saturated heterocycles. The monoisotopic (exact) mass is 103 g/mol. The van der Waals surface area contributed by atoms with Crippen molar-refractivity contribution in [3.8, 4) is 0 Å². The minimum Gasteiger partial charge on any atom is -0.247 e. The van der Waals surface area contributed by atoms with Crippen molar-refractivity contribution in [2.45, 2.75) is 0 Å². The second-order valence-corrected chi connectivity index (χ2v) is 0.750. The number of hydrogen-bond donors (Lipinski definition) is 0. The molecule has 0 spiro atoms. The number of rotatable bonds is 0. The molecule has 1 aromatic rings. The second kappa shape index (κ2) is 4.18. The quantitative estimate of drug-likeness (QED) is 0.255. The van der Waals surface area contributed by atoms with Crippen molar-refractivity contribution < 1.29 is 29.6 Å². The molecule has 1 rings (SSSR count). The van der Waals surface area contributed by atoms with Crippen molar-refractivity contribution in [2.24, 2.45) is 0 Å². The Balaban J connectivity index is 0.000000360. The zero-order valence-electron chi connectivity index (χ0n) is 4.00. The van der Waals surface area contributed by atoms with E-state index in [1.807, 2.05) is 0 Å². The van der Waals surface area contributed by atoms with Gasteiger partial charge in [-0.05, 0) is 0 Å². The van der Waals surface area contributed by atoms with Crippen molar-refractivity contribution in [2.75, 3.05) is 0 Å². The molecule has 1 aromatic heterocycles. The van der Waals surface area contributed by atoms with Crippen LogP contribution in [0.1, 0.15) is 0 Å². The van der Waals surface area contributed by atoms with Crippen LogP contribution in [0.3, 0.4) is 0 Å². The van der Waals surface area contributed by atoms with E-state index in [1.165, 1.54) is 6.20 Å². The van der Waals surface area contributed by atoms with E-state index in [4.69, 9.17) is 0 Å². The van der Waals surface area contributed by atoms with Gasteiger partial charge in [-0.15, -0.1) is 6.20 Å². The van der Waals surface area contributed by atoms with E-state index in [2.05, 4.69) is 21.6 Å². The molecule has 0 unspecified atom stereocenters. The van der Waals surface area contributed by atoms with E-state index < -0.39 is 0 Å². The predicted octanol–water partition coefficient (Wildman–Crippen LogP) is -3.32. The summed E-state index contributed by atoms with van der Waals surface area (Å²) in [5, 5.41) is 9.92. The molecule has 0 fully saturated rings. The minimum absolute atomic E-state index is 0. The summed E-state index contributed by atoms with van der Waals surface area (Å²) >= 11 is 0. The molecule has 0 aliphatic carbocycles. The van der Waals surface area contributed by atoms with Gasteiger partial charge < -0.3 is 0 Å². The molecular formula is C3H2N3Na. The Labute approximate surface area is 63.4 Å². The Hall–Kier alpha value is 0.01000. The molecule has 0 bridgehead atoms. The first-order valence-corrected chi connectivity index (χ1v) is 1.50. The molecule has 0 radical (unpaired) electrons. The van der Waals surface area contributed by atoms with E-state index in [0.29, 0.717) is 0 Å². The first kappa shape index (κ1) is 7.01. The molecule has 0 N–H and O–H groups in total. The van der Waals surface area contributed by atoms with Crippen LogP contribution < -0.4 is 29.6 Å². The Morgan fingerprint density at radius 2 is 2.29 bits per heavy atom. The van der Waals surface area contributed by atoms with Gasteiger partial charge in [-0.3, -0.25) is 0 Å². The van der Waals surface area contributed by atoms with Crippen molar-refractivity contribution in [3.63, 3.8) is 0 Å². The second-order valence-electron chi connectivity index (χ2n) is 0.750. The molecule has 1 heterocycles. The molecule has 0 aliphatic rings. The maximum Gasteiger partial charge on any atom is 1.00 e. The summed E-state index contributed by atoms with van der Waals surface area (Å²) in [4.78, 5) is 0. The van der Waals surface area contributed by atoms with Crippen molar-refractivity contribution in [3.05, 3.63) is 18.5 Å². The van der Waals surface area contributed by atoms with Crippen LogP contribution in [0.4, 0.5) is 0 Å². The Morgan fingerprint density at radius 1 is 1.43 bits per heavy atom. The van der Waals surface area contributed by atoms with Crippen molar-refractivity contribution in [1.82, 2.24) is 15.4 Å². The van der Waals surface area contributed by atoms with E-state index in [9.17, 15) is 0 Å². The van der Waals surface area contributed by atoms with Gasteiger partial charge in [0.25, 0.3) is 0 Å². The summed E-state index contributed by atoms with van der Waals surface area (Å²) in [6.07, 6.45) is 3.99. The molecule has 30 valence electrons. The predicted molar refractivity (Wildman–Crippen MR) is 18.7 cm³/mol. The summed E-state index contributed by atoms with van der Waals surface area (Å²) in [5.41, 5.74) is 0. The first-order chi connectivity index (χ1) is 3.00. The van der Waals surface area contributed by atoms with Crippen molar-refractivity contribution in [1.29, 1.82) is 0 Å². The van der Waals surface area contributed by atoms with E-state index in [-0.39, 0.29) is 29.6 Å². The summed E-state index contributed by atoms with van der Waals surface area (Å²) in [6, 6.07) is 1.59. The zero-order valence-corrected chi connectivity index (χ0v) is 6.00. The molecule has 0 aliphatic heterocycles. The molecule has 0 amide bonds. The van der Waals surface area contributed by atoms with Gasteiger partial charge in [0.2, 0.25) is 0 Å². The molecule has 0 aromatic carbocycles. The molecule has 0 saturated carbocycles. The van der Waals surface area contributed by atoms with Gasteiger partial charge in [-0.2, -0.15) is 6.07 Å². The van der Waals surface area contributed by atoms with Gasteiger partial charge in [0.15, 0.2) is 0 Å². The van der Waals surface area contributed by atoms with Crippen LogP contribution in [0.5, 0.6) is 0 Å². The molecule has 7 heavy (non-hydrogen) atoms. The van der Waals surface area contributed by atoms with Crippen LogP contribution in [0.2, 0.25) is 0 Å². The molecular weight excluding hydrogens is 101 g/mol. The van der Waals surface area contributed by atoms with Gasteiger partial charge in [0, 0.05) is 0 Å². The van der Waals surface area contributed by atoms with Crippen LogP contribution in [0.15, 0.2) is 12.3 Å². The summed E-state index contributed by atoms with van der Waals surface area (Å²) in [7, 11) is 0. The average Bonchev–Trinajstić information content (AvgIpc) is 1.72. The van der Waals surface area contributed by atoms with Crippen LogP contribution in [-0.4, -0.2) is 15.4 Å². The fourth-order valence-electron chi connectivity index (χ4n) is 0.181. The fraction of sp³-hybridized carbons (Fsp3) is 0. The van der Waals surface area contributed by atoms with Gasteiger partial charge in [0.1, 0.15) is 0 Å². The normalized spacial score (nSPS) is 6.86. The topological polar surface area (TPSA) is 38.7 Å². The Kier molecular flexibility index (Phi) is 4.18. The van der Waals surface area contributed by atoms with Gasteiger partial charge in [-0.1, -0.05) is 11.4 Å². The van der Waals surface area contributed by atoms with E-state index in [1.54, 1.807) is 6.07 Å². The number of nitrogens with zero attached hydrogens (tertiary/aromatic N) is 3. The minimum atomic E-state index is 0. The smallest absolute Gasteiger partial charge is 0.247 e. The summed E-state index contributed by atoms with van der Waals surface area (Å²) < 4.78 is 0. The summed E-state index contributed by atoms with van der Waals surface area (Å²) in [6.45, 7) is 0. The Bertz CT molecular complexity index is 82.1. The van der Waals surface area contributed by atoms with Crippen LogP contribution >= 0.6 is 0 Å². The zero-order chi connectivity index (χ0) is 4.24. The number of hydrogen-bond acceptors (Lipinski definition) is 3. The van der Waals surface area contributed by atoms with Crippen LogP contribution in [0, 0.1) is 6.20 Å². The van der Waals surface area contributed by atoms with E-state index in [0.717, 1.165) is 0 Å². The largest absolute Gasteiger partial charge is 1.00 e. The van der Waals surface area contributed by atoms with Gasteiger partial charge in [0.05, 0.1) is 0 Å². The third kappa shape index (κ3) is 2.68. The summed E-state index contributed by atoms with van der Waals surface area (Å²) in [5.74, 6) is 0. The number of aromatic nitrogens is 3. The van der Waals surface area contributed by atoms with Crippen LogP contribution in [0.25, 0.3) is 0 Å². The van der Waals surface area contributed by atoms with Gasteiger partial charge >= 0.3 is 29.6 Å². The van der Waals surface area contributed by atoms with E-state index >= 15 is 0 Å². The maximum absolute atomic E-state index is 3.39. The molecule has 4 heteroatoms. The fourth-order valence-corrected chi connectivity index (χ4v) is 0.181. The Morgan fingerprint density at radius 3 is 2.43 bits per heavy atom. The van der Waals surface area contributed by atoms with Crippen molar-refractivity contribution >= 4 is 0 Å². The first-order valence-electron chi connectivity index (χ1n) is 1.50. The average molecular weight is 103 g/mol. The molecule has 3 nitrogen and oxygen atoms in total. The molecule has 0 atom stereocenters. The SMILES string of the molecule is [Na+].[c-]1ccnnn1. The van der Waals surface area contributed by atoms with Crippen LogP contribution in [-0.2, 0) is 0 Å². The van der Waals surface area contributed by atoms with Gasteiger partial charge in [-0.25, -0.2) is 10.2 Å². The standard InChI is InChI=1S/C3H2N3.Na/c1-2-4-6-5-3-1;/h1-2H;/q-1;+1.